The number of hydrazine groups is 1. The highest BCUT2D eigenvalue weighted by Crippen LogP contribution is 2.23. The maximum atomic E-state index is 13.2. The Balaban J connectivity index is 2.22. The molecule has 0 fully saturated rings. The number of hydrogen-bond acceptors (Lipinski definition) is 2. The highest BCUT2D eigenvalue weighted by molar-refractivity contribution is 6.30. The zero-order valence-electron chi connectivity index (χ0n) is 10.7. The molecule has 100 valence electrons. The number of nitrogens with two attached hydrogens (primary N) is 1. The summed E-state index contributed by atoms with van der Waals surface area (Å²) in [6.45, 7) is 2.04. The number of nitrogens with one attached hydrogen (secondary N) is 1. The minimum absolute atomic E-state index is 0.0973. The minimum atomic E-state index is -0.420. The normalized spacial score (nSPS) is 12.4. The minimum Gasteiger partial charge on any atom is -0.271 e. The lowest BCUT2D eigenvalue weighted by molar-refractivity contribution is 0.549. The van der Waals surface area contributed by atoms with Gasteiger partial charge in [0.2, 0.25) is 0 Å². The van der Waals surface area contributed by atoms with Crippen LogP contribution in [-0.2, 0) is 6.42 Å². The van der Waals surface area contributed by atoms with Gasteiger partial charge >= 0.3 is 0 Å². The van der Waals surface area contributed by atoms with Crippen LogP contribution in [0.3, 0.4) is 0 Å². The van der Waals surface area contributed by atoms with Crippen molar-refractivity contribution >= 4 is 11.6 Å². The molecule has 1 unspecified atom stereocenters. The largest absolute Gasteiger partial charge is 0.271 e. The molecular formula is C15H16ClFN2. The van der Waals surface area contributed by atoms with Gasteiger partial charge in [-0.3, -0.25) is 11.3 Å². The Bertz CT molecular complexity index is 572. The van der Waals surface area contributed by atoms with Crippen LogP contribution in [0.25, 0.3) is 0 Å². The van der Waals surface area contributed by atoms with E-state index in [4.69, 9.17) is 17.4 Å². The Morgan fingerprint density at radius 2 is 2.05 bits per heavy atom. The summed E-state index contributed by atoms with van der Waals surface area (Å²) in [5.41, 5.74) is 5.99. The van der Waals surface area contributed by atoms with Crippen molar-refractivity contribution in [3.05, 3.63) is 70.0 Å². The number of hydrogen-bond donors (Lipinski definition) is 2. The van der Waals surface area contributed by atoms with Gasteiger partial charge in [-0.1, -0.05) is 47.5 Å². The number of halogens is 2. The van der Waals surface area contributed by atoms with E-state index in [-0.39, 0.29) is 11.1 Å². The van der Waals surface area contributed by atoms with Crippen LogP contribution in [0, 0.1) is 12.7 Å². The van der Waals surface area contributed by atoms with Crippen molar-refractivity contribution in [3.8, 4) is 0 Å². The van der Waals surface area contributed by atoms with E-state index in [2.05, 4.69) is 11.5 Å². The van der Waals surface area contributed by atoms with Crippen LogP contribution in [-0.4, -0.2) is 0 Å². The van der Waals surface area contributed by atoms with Crippen molar-refractivity contribution in [3.63, 3.8) is 0 Å². The summed E-state index contributed by atoms with van der Waals surface area (Å²) < 4.78 is 13.2. The van der Waals surface area contributed by atoms with E-state index in [0.717, 1.165) is 12.0 Å². The van der Waals surface area contributed by atoms with E-state index < -0.39 is 5.82 Å². The highest BCUT2D eigenvalue weighted by atomic mass is 35.5. The lowest BCUT2D eigenvalue weighted by Gasteiger charge is -2.17. The molecular weight excluding hydrogens is 263 g/mol. The highest BCUT2D eigenvalue weighted by Gasteiger charge is 2.12. The molecule has 2 rings (SSSR count). The molecule has 0 saturated heterocycles. The Morgan fingerprint density at radius 1 is 1.26 bits per heavy atom. The van der Waals surface area contributed by atoms with Crippen LogP contribution < -0.4 is 11.3 Å². The Hall–Kier alpha value is -1.42. The Labute approximate surface area is 117 Å². The van der Waals surface area contributed by atoms with E-state index in [1.807, 2.05) is 25.1 Å². The average molecular weight is 279 g/mol. The molecule has 2 nitrogen and oxygen atoms in total. The second-order valence-corrected chi connectivity index (χ2v) is 4.99. The third-order valence-electron chi connectivity index (χ3n) is 3.07. The fraction of sp³-hybridized carbons (Fsp3) is 0.200. The first-order chi connectivity index (χ1) is 9.10. The summed E-state index contributed by atoms with van der Waals surface area (Å²) in [4.78, 5) is 0. The predicted octanol–water partition coefficient (Wildman–Crippen LogP) is 3.53. The quantitative estimate of drug-likeness (QED) is 0.663. The maximum absolute atomic E-state index is 13.2. The summed E-state index contributed by atoms with van der Waals surface area (Å²) in [5.74, 6) is 5.17. The molecule has 0 aromatic heterocycles. The van der Waals surface area contributed by atoms with Gasteiger partial charge in [0, 0.05) is 0 Å². The Kier molecular flexibility index (Phi) is 4.53. The van der Waals surface area contributed by atoms with Crippen molar-refractivity contribution in [1.29, 1.82) is 0 Å². The van der Waals surface area contributed by atoms with Crippen molar-refractivity contribution in [2.24, 2.45) is 5.84 Å². The SMILES string of the molecule is Cc1cccc(CC(NN)c2ccc(F)c(Cl)c2)c1. The van der Waals surface area contributed by atoms with Crippen LogP contribution in [0.4, 0.5) is 4.39 Å². The van der Waals surface area contributed by atoms with Crippen molar-refractivity contribution in [2.45, 2.75) is 19.4 Å². The van der Waals surface area contributed by atoms with Crippen LogP contribution in [0.2, 0.25) is 5.02 Å². The fourth-order valence-electron chi connectivity index (χ4n) is 2.08. The number of benzene rings is 2. The summed E-state index contributed by atoms with van der Waals surface area (Å²) >= 11 is 5.80. The average Bonchev–Trinajstić information content (AvgIpc) is 2.39. The zero-order chi connectivity index (χ0) is 13.8. The lowest BCUT2D eigenvalue weighted by atomic mass is 9.98. The van der Waals surface area contributed by atoms with E-state index in [9.17, 15) is 4.39 Å². The molecule has 0 aliphatic rings. The van der Waals surface area contributed by atoms with Crippen LogP contribution in [0.1, 0.15) is 22.7 Å². The van der Waals surface area contributed by atoms with Gasteiger partial charge in [0.15, 0.2) is 0 Å². The van der Waals surface area contributed by atoms with Gasteiger partial charge in [-0.05, 0) is 36.6 Å². The molecule has 0 spiro atoms. The molecule has 4 heteroatoms. The second kappa shape index (κ2) is 6.15. The smallest absolute Gasteiger partial charge is 0.141 e. The van der Waals surface area contributed by atoms with E-state index in [1.165, 1.54) is 17.2 Å². The van der Waals surface area contributed by atoms with E-state index in [1.54, 1.807) is 12.1 Å². The number of aryl methyl sites for hydroxylation is 1. The summed E-state index contributed by atoms with van der Waals surface area (Å²) in [5, 5.41) is 0.113. The van der Waals surface area contributed by atoms with E-state index in [0.29, 0.717) is 0 Å². The lowest BCUT2D eigenvalue weighted by Crippen LogP contribution is -2.29. The van der Waals surface area contributed by atoms with Crippen molar-refractivity contribution < 1.29 is 4.39 Å². The van der Waals surface area contributed by atoms with Gasteiger partial charge in [0.25, 0.3) is 0 Å². The standard InChI is InChI=1S/C15H16ClFN2/c1-10-3-2-4-11(7-10)8-15(19-18)12-5-6-14(17)13(16)9-12/h2-7,9,15,19H,8,18H2,1H3. The van der Waals surface area contributed by atoms with Gasteiger partial charge < -0.3 is 0 Å². The van der Waals surface area contributed by atoms with Gasteiger partial charge in [-0.25, -0.2) is 4.39 Å². The molecule has 3 N–H and O–H groups in total. The van der Waals surface area contributed by atoms with Gasteiger partial charge in [-0.2, -0.15) is 0 Å². The molecule has 0 heterocycles. The van der Waals surface area contributed by atoms with Crippen LogP contribution in [0.5, 0.6) is 0 Å². The molecule has 0 radical (unpaired) electrons. The molecule has 0 bridgehead atoms. The van der Waals surface area contributed by atoms with Gasteiger partial charge in [0.05, 0.1) is 11.1 Å². The summed E-state index contributed by atoms with van der Waals surface area (Å²) in [6, 6.07) is 12.8. The molecule has 0 aliphatic heterocycles. The van der Waals surface area contributed by atoms with Crippen molar-refractivity contribution in [1.82, 2.24) is 5.43 Å². The zero-order valence-corrected chi connectivity index (χ0v) is 11.4. The third kappa shape index (κ3) is 3.53. The van der Waals surface area contributed by atoms with Gasteiger partial charge in [-0.15, -0.1) is 0 Å². The molecule has 0 aliphatic carbocycles. The van der Waals surface area contributed by atoms with E-state index >= 15 is 0 Å². The first kappa shape index (κ1) is 14.0. The van der Waals surface area contributed by atoms with Crippen LogP contribution >= 0.6 is 11.6 Å². The second-order valence-electron chi connectivity index (χ2n) is 4.59. The number of rotatable bonds is 4. The summed E-state index contributed by atoms with van der Waals surface area (Å²) in [6.07, 6.45) is 0.722. The molecule has 2 aromatic carbocycles. The molecule has 0 amide bonds. The monoisotopic (exact) mass is 278 g/mol. The molecule has 19 heavy (non-hydrogen) atoms. The molecule has 0 saturated carbocycles. The first-order valence-corrected chi connectivity index (χ1v) is 6.44. The van der Waals surface area contributed by atoms with Crippen LogP contribution in [0.15, 0.2) is 42.5 Å². The first-order valence-electron chi connectivity index (χ1n) is 6.07. The maximum Gasteiger partial charge on any atom is 0.141 e. The fourth-order valence-corrected chi connectivity index (χ4v) is 2.27. The predicted molar refractivity (Wildman–Crippen MR) is 76.4 cm³/mol. The topological polar surface area (TPSA) is 38.0 Å². The third-order valence-corrected chi connectivity index (χ3v) is 3.36. The summed E-state index contributed by atoms with van der Waals surface area (Å²) in [7, 11) is 0. The molecule has 1 atom stereocenters. The van der Waals surface area contributed by atoms with Crippen molar-refractivity contribution in [2.75, 3.05) is 0 Å². The molecule has 2 aromatic rings. The Morgan fingerprint density at radius 3 is 2.68 bits per heavy atom. The van der Waals surface area contributed by atoms with Gasteiger partial charge in [0.1, 0.15) is 5.82 Å².